The van der Waals surface area contributed by atoms with Gasteiger partial charge in [-0.25, -0.2) is 4.99 Å². The van der Waals surface area contributed by atoms with Crippen LogP contribution in [0.25, 0.3) is 6.08 Å². The van der Waals surface area contributed by atoms with E-state index in [0.29, 0.717) is 27.8 Å². The van der Waals surface area contributed by atoms with Crippen LogP contribution in [-0.4, -0.2) is 69.6 Å². The standard InChI is InChI=1S/C24H27N7OS2/c1-30-14-16-31(17-15-30)22-26-21(28-24(29-22)34-19-9-4-3-5-10-19)27-23(33-2)25-13-12-18-8-6-7-11-20(18)32/h3-13,32H,14-17H2,1-2H3,(H,25,26,27,28,29)/b13-12+. The number of nitrogens with one attached hydrogen (secondary N) is 1. The van der Waals surface area contributed by atoms with E-state index in [0.717, 1.165) is 31.1 Å². The van der Waals surface area contributed by atoms with E-state index >= 15 is 0 Å². The smallest absolute Gasteiger partial charge is 0.234 e. The third-order valence-corrected chi connectivity index (χ3v) is 6.60. The molecule has 0 radical (unpaired) electrons. The van der Waals surface area contributed by atoms with Crippen molar-refractivity contribution in [2.75, 3.05) is 49.7 Å². The number of aliphatic imine (C=N–C) groups is 1. The number of amidine groups is 1. The molecule has 0 unspecified atom stereocenters. The zero-order valence-corrected chi connectivity index (χ0v) is 20.8. The molecule has 1 aliphatic heterocycles. The summed E-state index contributed by atoms with van der Waals surface area (Å²) in [7, 11) is 2.12. The van der Waals surface area contributed by atoms with Crippen molar-refractivity contribution < 1.29 is 5.11 Å². The predicted octanol–water partition coefficient (Wildman–Crippen LogP) is 4.28. The number of thioether (sulfide) groups is 1. The Morgan fingerprint density at radius 1 is 1.00 bits per heavy atom. The number of rotatable bonds is 6. The second-order valence-corrected chi connectivity index (χ2v) is 9.42. The van der Waals surface area contributed by atoms with E-state index < -0.39 is 0 Å². The molecule has 0 saturated carbocycles. The van der Waals surface area contributed by atoms with Crippen LogP contribution in [0.1, 0.15) is 5.56 Å². The number of nitrogens with zero attached hydrogens (tertiary/aromatic N) is 6. The van der Waals surface area contributed by atoms with Crippen LogP contribution in [0.3, 0.4) is 0 Å². The van der Waals surface area contributed by atoms with Crippen LogP contribution in [-0.2, 0) is 0 Å². The van der Waals surface area contributed by atoms with Crippen LogP contribution in [0.4, 0.5) is 11.9 Å². The van der Waals surface area contributed by atoms with Crippen LogP contribution in [0.5, 0.6) is 5.75 Å². The average Bonchev–Trinajstić information content (AvgIpc) is 2.85. The molecule has 0 amide bonds. The number of phenols is 1. The number of aromatic hydroxyl groups is 1. The third kappa shape index (κ3) is 6.72. The van der Waals surface area contributed by atoms with E-state index in [1.807, 2.05) is 48.7 Å². The molecular formula is C24H27N7OS2. The van der Waals surface area contributed by atoms with E-state index in [9.17, 15) is 5.11 Å². The van der Waals surface area contributed by atoms with Crippen LogP contribution >= 0.6 is 23.5 Å². The molecule has 10 heteroatoms. The topological polar surface area (TPSA) is 89.8 Å². The summed E-state index contributed by atoms with van der Waals surface area (Å²) in [5, 5.41) is 14.4. The van der Waals surface area contributed by atoms with E-state index in [1.54, 1.807) is 24.4 Å². The van der Waals surface area contributed by atoms with E-state index in [4.69, 9.17) is 9.97 Å². The fraction of sp³-hybridized carbons (Fsp3) is 0.250. The number of anilines is 2. The molecule has 1 aliphatic rings. The lowest BCUT2D eigenvalue weighted by molar-refractivity contribution is 0.311. The Labute approximate surface area is 208 Å². The number of hydrogen-bond donors (Lipinski definition) is 2. The first-order chi connectivity index (χ1) is 16.6. The highest BCUT2D eigenvalue weighted by molar-refractivity contribution is 8.13. The molecule has 1 aromatic heterocycles. The number of piperazine rings is 1. The van der Waals surface area contributed by atoms with E-state index in [1.165, 1.54) is 23.5 Å². The van der Waals surface area contributed by atoms with Gasteiger partial charge in [-0.05, 0) is 49.3 Å². The summed E-state index contributed by atoms with van der Waals surface area (Å²) >= 11 is 2.96. The SMILES string of the molecule is CSC(=N/C=C/c1ccccc1O)Nc1nc(Sc2ccccc2)nc(N2CCN(C)CC2)n1. The lowest BCUT2D eigenvalue weighted by atomic mass is 10.2. The first-order valence-electron chi connectivity index (χ1n) is 10.9. The highest BCUT2D eigenvalue weighted by Crippen LogP contribution is 2.27. The zero-order valence-electron chi connectivity index (χ0n) is 19.1. The maximum Gasteiger partial charge on any atom is 0.234 e. The molecule has 2 aromatic carbocycles. The van der Waals surface area contributed by atoms with Crippen LogP contribution in [0.2, 0.25) is 0 Å². The Balaban J connectivity index is 1.57. The summed E-state index contributed by atoms with van der Waals surface area (Å²) in [6, 6.07) is 17.2. The first-order valence-corrected chi connectivity index (χ1v) is 12.9. The monoisotopic (exact) mass is 493 g/mol. The first kappa shape index (κ1) is 24.1. The van der Waals surface area contributed by atoms with Gasteiger partial charge in [0, 0.05) is 42.8 Å². The Bertz CT molecular complexity index is 1150. The third-order valence-electron chi connectivity index (χ3n) is 5.14. The van der Waals surface area contributed by atoms with Gasteiger partial charge < -0.3 is 20.2 Å². The van der Waals surface area contributed by atoms with Crippen molar-refractivity contribution in [3.63, 3.8) is 0 Å². The Kier molecular flexibility index (Phi) is 8.40. The van der Waals surface area contributed by atoms with Gasteiger partial charge in [0.2, 0.25) is 11.9 Å². The van der Waals surface area contributed by atoms with Gasteiger partial charge in [0.05, 0.1) is 0 Å². The van der Waals surface area contributed by atoms with Crippen molar-refractivity contribution in [3.8, 4) is 5.75 Å². The van der Waals surface area contributed by atoms with Crippen LogP contribution < -0.4 is 10.2 Å². The van der Waals surface area contributed by atoms with Crippen molar-refractivity contribution >= 4 is 46.7 Å². The minimum atomic E-state index is 0.212. The fourth-order valence-electron chi connectivity index (χ4n) is 3.23. The zero-order chi connectivity index (χ0) is 23.8. The summed E-state index contributed by atoms with van der Waals surface area (Å²) < 4.78 is 0. The normalized spacial score (nSPS) is 15.1. The Morgan fingerprint density at radius 3 is 2.47 bits per heavy atom. The van der Waals surface area contributed by atoms with Crippen molar-refractivity contribution in [1.82, 2.24) is 19.9 Å². The minimum absolute atomic E-state index is 0.212. The second kappa shape index (κ2) is 11.9. The maximum atomic E-state index is 9.93. The molecule has 1 saturated heterocycles. The molecule has 0 spiro atoms. The van der Waals surface area contributed by atoms with Crippen molar-refractivity contribution in [1.29, 1.82) is 0 Å². The molecule has 8 nitrogen and oxygen atoms in total. The molecular weight excluding hydrogens is 466 g/mol. The number of aromatic nitrogens is 3. The number of phenolic OH excluding ortho intramolecular Hbond substituents is 1. The molecule has 0 bridgehead atoms. The quantitative estimate of drug-likeness (QED) is 0.386. The highest BCUT2D eigenvalue weighted by atomic mass is 32.2. The molecule has 1 fully saturated rings. The lowest BCUT2D eigenvalue weighted by Crippen LogP contribution is -2.45. The number of para-hydroxylation sites is 1. The lowest BCUT2D eigenvalue weighted by Gasteiger charge is -2.32. The largest absolute Gasteiger partial charge is 0.507 e. The molecule has 0 aliphatic carbocycles. The summed E-state index contributed by atoms with van der Waals surface area (Å²) in [4.78, 5) is 24.1. The van der Waals surface area contributed by atoms with Gasteiger partial charge in [-0.15, -0.1) is 0 Å². The van der Waals surface area contributed by atoms with Gasteiger partial charge >= 0.3 is 0 Å². The van der Waals surface area contributed by atoms with Gasteiger partial charge in [-0.3, -0.25) is 0 Å². The second-order valence-electron chi connectivity index (χ2n) is 7.58. The van der Waals surface area contributed by atoms with Crippen molar-refractivity contribution in [2.24, 2.45) is 4.99 Å². The van der Waals surface area contributed by atoms with Crippen LogP contribution in [0, 0.1) is 0 Å². The number of likely N-dealkylation sites (N-methyl/N-ethyl adjacent to an activating group) is 1. The summed E-state index contributed by atoms with van der Waals surface area (Å²) in [6.45, 7) is 3.65. The minimum Gasteiger partial charge on any atom is -0.507 e. The molecule has 0 atom stereocenters. The molecule has 4 rings (SSSR count). The Hall–Kier alpha value is -3.08. The molecule has 2 N–H and O–H groups in total. The molecule has 3 aromatic rings. The van der Waals surface area contributed by atoms with Gasteiger partial charge in [-0.1, -0.05) is 48.2 Å². The molecule has 176 valence electrons. The van der Waals surface area contributed by atoms with Crippen LogP contribution in [0.15, 0.2) is 75.8 Å². The van der Waals surface area contributed by atoms with Crippen molar-refractivity contribution in [3.05, 3.63) is 66.4 Å². The molecule has 2 heterocycles. The number of benzene rings is 2. The number of hydrogen-bond acceptors (Lipinski definition) is 9. The predicted molar refractivity (Wildman–Crippen MR) is 142 cm³/mol. The van der Waals surface area contributed by atoms with Gasteiger partial charge in [0.15, 0.2) is 10.3 Å². The van der Waals surface area contributed by atoms with Gasteiger partial charge in [0.1, 0.15) is 5.75 Å². The maximum absolute atomic E-state index is 9.93. The highest BCUT2D eigenvalue weighted by Gasteiger charge is 2.19. The van der Waals surface area contributed by atoms with Crippen molar-refractivity contribution in [2.45, 2.75) is 10.1 Å². The molecule has 34 heavy (non-hydrogen) atoms. The van der Waals surface area contributed by atoms with Gasteiger partial charge in [-0.2, -0.15) is 15.0 Å². The summed E-state index contributed by atoms with van der Waals surface area (Å²) in [5.41, 5.74) is 0.700. The van der Waals surface area contributed by atoms with Gasteiger partial charge in [0.25, 0.3) is 0 Å². The summed E-state index contributed by atoms with van der Waals surface area (Å²) in [5.74, 6) is 1.32. The van der Waals surface area contributed by atoms with E-state index in [2.05, 4.69) is 32.1 Å². The fourth-order valence-corrected chi connectivity index (χ4v) is 4.36. The summed E-state index contributed by atoms with van der Waals surface area (Å²) in [6.07, 6.45) is 5.34. The average molecular weight is 494 g/mol. The van der Waals surface area contributed by atoms with E-state index in [-0.39, 0.29) is 5.75 Å². The Morgan fingerprint density at radius 2 is 1.74 bits per heavy atom.